The van der Waals surface area contributed by atoms with Gasteiger partial charge in [-0.3, -0.25) is 4.79 Å². The van der Waals surface area contributed by atoms with E-state index < -0.39 is 10.0 Å². The zero-order chi connectivity index (χ0) is 24.1. The van der Waals surface area contributed by atoms with Crippen LogP contribution in [0.4, 0.5) is 5.69 Å². The summed E-state index contributed by atoms with van der Waals surface area (Å²) in [6.45, 7) is 5.27. The molecule has 0 unspecified atom stereocenters. The first-order valence-electron chi connectivity index (χ1n) is 11.7. The second-order valence-corrected chi connectivity index (χ2v) is 10.3. The monoisotopic (exact) mass is 481 g/mol. The zero-order valence-corrected chi connectivity index (χ0v) is 20.4. The summed E-state index contributed by atoms with van der Waals surface area (Å²) in [6, 6.07) is 19.0. The number of benzene rings is 3. The average Bonchev–Trinajstić information content (AvgIpc) is 3.39. The van der Waals surface area contributed by atoms with Crippen LogP contribution in [0.2, 0.25) is 0 Å². The van der Waals surface area contributed by atoms with Crippen LogP contribution in [0.1, 0.15) is 38.3 Å². The van der Waals surface area contributed by atoms with Crippen molar-refractivity contribution in [1.82, 2.24) is 9.62 Å². The van der Waals surface area contributed by atoms with Gasteiger partial charge in [-0.25, -0.2) is 8.42 Å². The van der Waals surface area contributed by atoms with Crippen LogP contribution in [0.25, 0.3) is 10.8 Å². The molecule has 0 bridgehead atoms. The number of carbonyl (C=O) groups is 1. The number of hydrogen-bond acceptors (Lipinski definition) is 5. The molecule has 3 aromatic carbocycles. The first kappa shape index (κ1) is 24.2. The van der Waals surface area contributed by atoms with Gasteiger partial charge in [0.1, 0.15) is 10.6 Å². The van der Waals surface area contributed by atoms with Gasteiger partial charge in [0.05, 0.1) is 13.2 Å². The molecule has 7 nitrogen and oxygen atoms in total. The van der Waals surface area contributed by atoms with Crippen molar-refractivity contribution >= 4 is 32.4 Å². The van der Waals surface area contributed by atoms with Gasteiger partial charge in [0.25, 0.3) is 0 Å². The van der Waals surface area contributed by atoms with Crippen LogP contribution in [0, 0.1) is 0 Å². The average molecular weight is 482 g/mol. The maximum Gasteiger partial charge on any atom is 0.246 e. The van der Waals surface area contributed by atoms with E-state index in [-0.39, 0.29) is 23.4 Å². The van der Waals surface area contributed by atoms with Gasteiger partial charge in [-0.05, 0) is 61.2 Å². The van der Waals surface area contributed by atoms with Crippen molar-refractivity contribution in [3.05, 3.63) is 66.2 Å². The second kappa shape index (κ2) is 10.5. The molecule has 180 valence electrons. The van der Waals surface area contributed by atoms with E-state index in [2.05, 4.69) is 34.9 Å². The topological polar surface area (TPSA) is 87.7 Å². The SMILES string of the molecule is CCOc1ccc(NC(=O)CN[C@H](C)c2cccc3ccccc23)cc1S(=O)(=O)N1CCCC1. The number of amides is 1. The maximum atomic E-state index is 13.2. The van der Waals surface area contributed by atoms with Gasteiger partial charge in [-0.2, -0.15) is 4.31 Å². The van der Waals surface area contributed by atoms with Crippen molar-refractivity contribution in [2.24, 2.45) is 0 Å². The molecule has 1 aliphatic heterocycles. The fourth-order valence-electron chi connectivity index (χ4n) is 4.32. The Kier molecular flexibility index (Phi) is 7.50. The van der Waals surface area contributed by atoms with E-state index in [1.807, 2.05) is 32.0 Å². The van der Waals surface area contributed by atoms with Crippen LogP contribution in [0.3, 0.4) is 0 Å². The van der Waals surface area contributed by atoms with Crippen molar-refractivity contribution in [2.75, 3.05) is 31.6 Å². The minimum absolute atomic E-state index is 0.0386. The molecule has 1 fully saturated rings. The van der Waals surface area contributed by atoms with E-state index in [1.165, 1.54) is 10.4 Å². The van der Waals surface area contributed by atoms with Crippen molar-refractivity contribution in [2.45, 2.75) is 37.6 Å². The van der Waals surface area contributed by atoms with Crippen molar-refractivity contribution in [1.29, 1.82) is 0 Å². The molecule has 1 amide bonds. The Balaban J connectivity index is 1.46. The van der Waals surface area contributed by atoms with Crippen LogP contribution < -0.4 is 15.4 Å². The minimum atomic E-state index is -3.69. The van der Waals surface area contributed by atoms with Gasteiger partial charge in [-0.15, -0.1) is 0 Å². The number of nitrogens with zero attached hydrogens (tertiary/aromatic N) is 1. The molecule has 0 radical (unpaired) electrons. The Morgan fingerprint density at radius 1 is 1.06 bits per heavy atom. The molecular weight excluding hydrogens is 450 g/mol. The summed E-state index contributed by atoms with van der Waals surface area (Å²) in [6.07, 6.45) is 1.69. The lowest BCUT2D eigenvalue weighted by Gasteiger charge is -2.19. The first-order valence-corrected chi connectivity index (χ1v) is 13.1. The van der Waals surface area contributed by atoms with Crippen LogP contribution >= 0.6 is 0 Å². The van der Waals surface area contributed by atoms with E-state index in [0.717, 1.165) is 29.2 Å². The number of hydrogen-bond donors (Lipinski definition) is 2. The van der Waals surface area contributed by atoms with Crippen LogP contribution in [-0.4, -0.2) is 44.9 Å². The van der Waals surface area contributed by atoms with Crippen molar-refractivity contribution in [3.63, 3.8) is 0 Å². The molecule has 0 spiro atoms. The third-order valence-corrected chi connectivity index (χ3v) is 7.99. The number of ether oxygens (including phenoxy) is 1. The van der Waals surface area contributed by atoms with E-state index in [0.29, 0.717) is 31.1 Å². The van der Waals surface area contributed by atoms with Gasteiger partial charge >= 0.3 is 0 Å². The predicted octanol–water partition coefficient (Wildman–Crippen LogP) is 4.31. The van der Waals surface area contributed by atoms with Crippen molar-refractivity contribution < 1.29 is 17.9 Å². The van der Waals surface area contributed by atoms with E-state index in [1.54, 1.807) is 12.1 Å². The Hall–Kier alpha value is -2.94. The number of fused-ring (bicyclic) bond motifs is 1. The highest BCUT2D eigenvalue weighted by Gasteiger charge is 2.30. The Morgan fingerprint density at radius 3 is 2.56 bits per heavy atom. The predicted molar refractivity (Wildman–Crippen MR) is 135 cm³/mol. The van der Waals surface area contributed by atoms with Crippen LogP contribution in [0.15, 0.2) is 65.6 Å². The number of carbonyl (C=O) groups excluding carboxylic acids is 1. The fourth-order valence-corrected chi connectivity index (χ4v) is 5.99. The lowest BCUT2D eigenvalue weighted by molar-refractivity contribution is -0.115. The summed E-state index contributed by atoms with van der Waals surface area (Å²) in [7, 11) is -3.69. The Bertz CT molecular complexity index is 1260. The second-order valence-electron chi connectivity index (χ2n) is 8.42. The van der Waals surface area contributed by atoms with Crippen LogP contribution in [0.5, 0.6) is 5.75 Å². The first-order chi connectivity index (χ1) is 16.4. The van der Waals surface area contributed by atoms with Gasteiger partial charge in [0, 0.05) is 24.8 Å². The Labute approximate surface area is 201 Å². The molecule has 1 saturated heterocycles. The van der Waals surface area contributed by atoms with E-state index in [4.69, 9.17) is 4.74 Å². The standard InChI is InChI=1S/C26H31N3O4S/c1-3-33-24-14-13-21(17-25(24)34(31,32)29-15-6-7-16-29)28-26(30)18-27-19(2)22-12-8-10-20-9-4-5-11-23(20)22/h4-5,8-14,17,19,27H,3,6-7,15-16,18H2,1-2H3,(H,28,30)/t19-/m1/s1. The van der Waals surface area contributed by atoms with E-state index >= 15 is 0 Å². The molecule has 1 heterocycles. The zero-order valence-electron chi connectivity index (χ0n) is 19.6. The number of anilines is 1. The third kappa shape index (κ3) is 5.24. The lowest BCUT2D eigenvalue weighted by atomic mass is 10.00. The fraction of sp³-hybridized carbons (Fsp3) is 0.346. The lowest BCUT2D eigenvalue weighted by Crippen LogP contribution is -2.30. The highest BCUT2D eigenvalue weighted by atomic mass is 32.2. The third-order valence-electron chi connectivity index (χ3n) is 6.07. The summed E-state index contributed by atoms with van der Waals surface area (Å²) < 4.78 is 33.4. The molecule has 3 aromatic rings. The smallest absolute Gasteiger partial charge is 0.246 e. The molecule has 2 N–H and O–H groups in total. The van der Waals surface area contributed by atoms with Crippen molar-refractivity contribution in [3.8, 4) is 5.75 Å². The quantitative estimate of drug-likeness (QED) is 0.476. The summed E-state index contributed by atoms with van der Waals surface area (Å²) >= 11 is 0. The normalized spacial score (nSPS) is 15.4. The molecule has 4 rings (SSSR count). The summed E-state index contributed by atoms with van der Waals surface area (Å²) in [5.74, 6) is 0.0517. The highest BCUT2D eigenvalue weighted by Crippen LogP contribution is 2.31. The highest BCUT2D eigenvalue weighted by molar-refractivity contribution is 7.89. The molecule has 8 heteroatoms. The maximum absolute atomic E-state index is 13.2. The molecule has 1 atom stereocenters. The van der Waals surface area contributed by atoms with Gasteiger partial charge in [-0.1, -0.05) is 42.5 Å². The van der Waals surface area contributed by atoms with Gasteiger partial charge in [0.2, 0.25) is 15.9 Å². The summed E-state index contributed by atoms with van der Waals surface area (Å²) in [5, 5.41) is 8.39. The summed E-state index contributed by atoms with van der Waals surface area (Å²) in [4.78, 5) is 12.8. The minimum Gasteiger partial charge on any atom is -0.492 e. The van der Waals surface area contributed by atoms with E-state index in [9.17, 15) is 13.2 Å². The van der Waals surface area contributed by atoms with Gasteiger partial charge in [0.15, 0.2) is 0 Å². The molecule has 34 heavy (non-hydrogen) atoms. The van der Waals surface area contributed by atoms with Crippen LogP contribution in [-0.2, 0) is 14.8 Å². The largest absolute Gasteiger partial charge is 0.492 e. The molecule has 0 aliphatic carbocycles. The molecular formula is C26H31N3O4S. The number of nitrogens with one attached hydrogen (secondary N) is 2. The molecule has 1 aliphatic rings. The molecule has 0 saturated carbocycles. The Morgan fingerprint density at radius 2 is 1.79 bits per heavy atom. The number of sulfonamides is 1. The summed E-state index contributed by atoms with van der Waals surface area (Å²) in [5.41, 5.74) is 1.54. The van der Waals surface area contributed by atoms with Gasteiger partial charge < -0.3 is 15.4 Å². The molecule has 0 aromatic heterocycles. The number of rotatable bonds is 9.